The normalized spacial score (nSPS) is 16.1. The van der Waals surface area contributed by atoms with Crippen LogP contribution in [-0.2, 0) is 6.54 Å². The minimum Gasteiger partial charge on any atom is -0.492 e. The standard InChI is InChI=1S/C31H37N5O.H3N.H2O/c1-24-7-8-26(19-27(24)22-35-15-5-6-16-35)30-21-33-36-23-28(20-32-31(30)36)25-9-11-29(12-10-25)37-18-17-34-13-3-2-4-14-34;;/h7-12,19-21,23H,2-6,13-18,22H2,1H3;1H3;1H2. The molecule has 6 rings (SSSR count). The van der Waals surface area contributed by atoms with Crippen LogP contribution >= 0.6 is 0 Å². The number of fused-ring (bicyclic) bond motifs is 1. The van der Waals surface area contributed by atoms with Crippen LogP contribution in [0, 0.1) is 6.92 Å². The van der Waals surface area contributed by atoms with Gasteiger partial charge in [-0.2, -0.15) is 5.10 Å². The molecule has 2 fully saturated rings. The van der Waals surface area contributed by atoms with Crippen molar-refractivity contribution in [3.8, 4) is 28.0 Å². The number of piperidine rings is 1. The molecule has 39 heavy (non-hydrogen) atoms. The van der Waals surface area contributed by atoms with E-state index in [9.17, 15) is 0 Å². The van der Waals surface area contributed by atoms with E-state index in [0.29, 0.717) is 0 Å². The van der Waals surface area contributed by atoms with Crippen molar-refractivity contribution in [3.05, 3.63) is 72.2 Å². The third-order valence-corrected chi connectivity index (χ3v) is 7.92. The van der Waals surface area contributed by atoms with Crippen molar-refractivity contribution in [1.29, 1.82) is 0 Å². The molecule has 0 radical (unpaired) electrons. The minimum atomic E-state index is 0. The van der Waals surface area contributed by atoms with E-state index in [1.54, 1.807) is 0 Å². The summed E-state index contributed by atoms with van der Waals surface area (Å²) in [5.41, 5.74) is 8.04. The lowest BCUT2D eigenvalue weighted by Crippen LogP contribution is -2.33. The van der Waals surface area contributed by atoms with E-state index in [1.165, 1.54) is 75.0 Å². The molecule has 4 aromatic rings. The molecule has 0 saturated carbocycles. The van der Waals surface area contributed by atoms with Crippen LogP contribution in [-0.4, -0.2) is 69.2 Å². The highest BCUT2D eigenvalue weighted by Crippen LogP contribution is 2.29. The Kier molecular flexibility index (Phi) is 9.69. The van der Waals surface area contributed by atoms with Crippen molar-refractivity contribution in [1.82, 2.24) is 30.5 Å². The molecule has 8 nitrogen and oxygen atoms in total. The zero-order chi connectivity index (χ0) is 25.0. The molecule has 2 aliphatic heterocycles. The molecule has 0 bridgehead atoms. The molecular formula is C31H42N6O2. The van der Waals surface area contributed by atoms with E-state index >= 15 is 0 Å². The number of aromatic nitrogens is 3. The molecule has 0 amide bonds. The van der Waals surface area contributed by atoms with Gasteiger partial charge < -0.3 is 16.4 Å². The molecule has 2 aromatic carbocycles. The molecule has 2 aromatic heterocycles. The average Bonchev–Trinajstić information content (AvgIpc) is 3.61. The average molecular weight is 531 g/mol. The summed E-state index contributed by atoms with van der Waals surface area (Å²) in [6.07, 6.45) is 12.6. The van der Waals surface area contributed by atoms with Gasteiger partial charge in [-0.15, -0.1) is 0 Å². The first-order valence-corrected chi connectivity index (χ1v) is 13.8. The third kappa shape index (κ3) is 6.65. The van der Waals surface area contributed by atoms with Crippen molar-refractivity contribution >= 4 is 5.65 Å². The van der Waals surface area contributed by atoms with Gasteiger partial charge in [-0.25, -0.2) is 9.50 Å². The van der Waals surface area contributed by atoms with Crippen LogP contribution < -0.4 is 10.9 Å². The lowest BCUT2D eigenvalue weighted by molar-refractivity contribution is 0.183. The minimum absolute atomic E-state index is 0. The van der Waals surface area contributed by atoms with Crippen LogP contribution in [0.3, 0.4) is 0 Å². The quantitative estimate of drug-likeness (QED) is 0.336. The highest BCUT2D eigenvalue weighted by molar-refractivity contribution is 5.78. The third-order valence-electron chi connectivity index (χ3n) is 7.92. The molecule has 0 atom stereocenters. The van der Waals surface area contributed by atoms with Gasteiger partial charge in [0.1, 0.15) is 12.4 Å². The Morgan fingerprint density at radius 3 is 2.26 bits per heavy atom. The first kappa shape index (κ1) is 28.7. The van der Waals surface area contributed by atoms with E-state index in [4.69, 9.17) is 9.72 Å². The van der Waals surface area contributed by atoms with Gasteiger partial charge in [0.15, 0.2) is 5.65 Å². The van der Waals surface area contributed by atoms with E-state index in [0.717, 1.165) is 47.8 Å². The molecule has 0 spiro atoms. The molecule has 208 valence electrons. The van der Waals surface area contributed by atoms with E-state index in [1.807, 2.05) is 16.9 Å². The maximum absolute atomic E-state index is 6.00. The zero-order valence-corrected chi connectivity index (χ0v) is 23.1. The van der Waals surface area contributed by atoms with Crippen LogP contribution in [0.2, 0.25) is 0 Å². The molecule has 8 heteroatoms. The second-order valence-electron chi connectivity index (χ2n) is 10.6. The summed E-state index contributed by atoms with van der Waals surface area (Å²) in [5.74, 6) is 0.917. The number of benzene rings is 2. The topological polar surface area (TPSA) is 112 Å². The summed E-state index contributed by atoms with van der Waals surface area (Å²) in [6, 6.07) is 15.1. The van der Waals surface area contributed by atoms with Crippen molar-refractivity contribution in [3.63, 3.8) is 0 Å². The van der Waals surface area contributed by atoms with Crippen LogP contribution in [0.4, 0.5) is 0 Å². The van der Waals surface area contributed by atoms with Gasteiger partial charge in [-0.3, -0.25) is 9.80 Å². The fourth-order valence-corrected chi connectivity index (χ4v) is 5.64. The fourth-order valence-electron chi connectivity index (χ4n) is 5.64. The van der Waals surface area contributed by atoms with E-state index < -0.39 is 0 Å². The van der Waals surface area contributed by atoms with E-state index in [-0.39, 0.29) is 11.6 Å². The van der Waals surface area contributed by atoms with Crippen molar-refractivity contribution in [2.45, 2.75) is 45.6 Å². The summed E-state index contributed by atoms with van der Waals surface area (Å²) in [4.78, 5) is 9.88. The van der Waals surface area contributed by atoms with Crippen LogP contribution in [0.1, 0.15) is 43.2 Å². The van der Waals surface area contributed by atoms with Crippen LogP contribution in [0.5, 0.6) is 5.75 Å². The van der Waals surface area contributed by atoms with E-state index in [2.05, 4.69) is 70.5 Å². The highest BCUT2D eigenvalue weighted by atomic mass is 16.5. The van der Waals surface area contributed by atoms with Gasteiger partial charge in [0, 0.05) is 36.6 Å². The number of rotatable bonds is 8. The highest BCUT2D eigenvalue weighted by Gasteiger charge is 2.15. The number of hydrogen-bond acceptors (Lipinski definition) is 6. The smallest absolute Gasteiger partial charge is 0.162 e. The summed E-state index contributed by atoms with van der Waals surface area (Å²) >= 11 is 0. The summed E-state index contributed by atoms with van der Waals surface area (Å²) in [6.45, 7) is 9.79. The van der Waals surface area contributed by atoms with Crippen molar-refractivity contribution < 1.29 is 10.2 Å². The number of hydrogen-bond donors (Lipinski definition) is 1. The maximum Gasteiger partial charge on any atom is 0.162 e. The Balaban J connectivity index is 0.00000176. The Morgan fingerprint density at radius 2 is 1.49 bits per heavy atom. The number of likely N-dealkylation sites (tertiary alicyclic amines) is 2. The number of nitrogens with zero attached hydrogens (tertiary/aromatic N) is 5. The lowest BCUT2D eigenvalue weighted by atomic mass is 10.0. The fraction of sp³-hybridized carbons (Fsp3) is 0.419. The predicted octanol–water partition coefficient (Wildman–Crippen LogP) is 5.17. The lowest BCUT2D eigenvalue weighted by Gasteiger charge is -2.26. The van der Waals surface area contributed by atoms with Gasteiger partial charge in [0.25, 0.3) is 0 Å². The summed E-state index contributed by atoms with van der Waals surface area (Å²) < 4.78 is 7.90. The summed E-state index contributed by atoms with van der Waals surface area (Å²) in [5, 5.41) is 4.65. The number of aryl methyl sites for hydroxylation is 1. The van der Waals surface area contributed by atoms with Gasteiger partial charge in [0.2, 0.25) is 0 Å². The molecule has 5 N–H and O–H groups in total. The Hall–Kier alpha value is -3.30. The maximum atomic E-state index is 6.00. The van der Waals surface area contributed by atoms with Crippen LogP contribution in [0.15, 0.2) is 61.1 Å². The first-order chi connectivity index (χ1) is 18.2. The number of ether oxygens (including phenoxy) is 1. The second kappa shape index (κ2) is 13.2. The van der Waals surface area contributed by atoms with Gasteiger partial charge >= 0.3 is 0 Å². The predicted molar refractivity (Wildman–Crippen MR) is 158 cm³/mol. The molecule has 0 unspecified atom stereocenters. The zero-order valence-electron chi connectivity index (χ0n) is 23.1. The Bertz CT molecular complexity index is 1340. The molecular weight excluding hydrogens is 488 g/mol. The second-order valence-corrected chi connectivity index (χ2v) is 10.6. The van der Waals surface area contributed by atoms with Gasteiger partial charge in [0.05, 0.1) is 6.20 Å². The summed E-state index contributed by atoms with van der Waals surface area (Å²) in [7, 11) is 0. The molecule has 2 aliphatic rings. The van der Waals surface area contributed by atoms with Gasteiger partial charge in [-0.05, 0) is 99.2 Å². The SMILES string of the molecule is Cc1ccc(-c2cnn3cc(-c4ccc(OCCN5CCCCC5)cc4)cnc23)cc1CN1CCCC1.N.O. The van der Waals surface area contributed by atoms with Crippen molar-refractivity contribution in [2.75, 3.05) is 39.3 Å². The Morgan fingerprint density at radius 1 is 0.795 bits per heavy atom. The molecule has 4 heterocycles. The molecule has 2 saturated heterocycles. The van der Waals surface area contributed by atoms with Crippen LogP contribution in [0.25, 0.3) is 27.9 Å². The van der Waals surface area contributed by atoms with Crippen molar-refractivity contribution in [2.24, 2.45) is 0 Å². The largest absolute Gasteiger partial charge is 0.492 e. The molecule has 0 aliphatic carbocycles. The van der Waals surface area contributed by atoms with Gasteiger partial charge in [-0.1, -0.05) is 30.7 Å². The Labute approximate surface area is 231 Å². The monoisotopic (exact) mass is 530 g/mol. The first-order valence-electron chi connectivity index (χ1n) is 13.8.